The van der Waals surface area contributed by atoms with Crippen molar-refractivity contribution in [3.63, 3.8) is 0 Å². The highest BCUT2D eigenvalue weighted by molar-refractivity contribution is 6.25. The second-order valence-corrected chi connectivity index (χ2v) is 6.62. The van der Waals surface area contributed by atoms with Gasteiger partial charge >= 0.3 is 0 Å². The highest BCUT2D eigenvalue weighted by Crippen LogP contribution is 2.33. The molecule has 2 amide bonds. The summed E-state index contributed by atoms with van der Waals surface area (Å²) in [5.41, 5.74) is 0.283. The number of amides is 2. The van der Waals surface area contributed by atoms with Crippen LogP contribution in [-0.2, 0) is 9.59 Å². The lowest BCUT2D eigenvalue weighted by molar-refractivity contribution is -0.159. The molecule has 0 bridgehead atoms. The van der Waals surface area contributed by atoms with Crippen LogP contribution in [0.5, 0.6) is 0 Å². The summed E-state index contributed by atoms with van der Waals surface area (Å²) in [5.74, 6) is -0.0967. The maximum Gasteiger partial charge on any atom is 0.249 e. The van der Waals surface area contributed by atoms with Crippen molar-refractivity contribution >= 4 is 23.4 Å². The van der Waals surface area contributed by atoms with Crippen LogP contribution in [0.3, 0.4) is 0 Å². The van der Waals surface area contributed by atoms with Crippen LogP contribution in [0.1, 0.15) is 47.5 Å². The van der Waals surface area contributed by atoms with Crippen molar-refractivity contribution in [3.8, 4) is 0 Å². The first-order valence-corrected chi connectivity index (χ1v) is 7.55. The molecular weight excluding hydrogens is 276 g/mol. The molecule has 1 aliphatic rings. The van der Waals surface area contributed by atoms with Crippen molar-refractivity contribution in [2.45, 2.75) is 59.0 Å². The predicted octanol–water partition coefficient (Wildman–Crippen LogP) is 2.67. The molecule has 1 N–H and O–H groups in total. The Bertz CT molecular complexity index is 409. The monoisotopic (exact) mass is 300 g/mol. The Balaban J connectivity index is 3.24. The lowest BCUT2D eigenvalue weighted by Gasteiger charge is -2.49. The van der Waals surface area contributed by atoms with Crippen LogP contribution in [0.15, 0.2) is 11.6 Å². The van der Waals surface area contributed by atoms with Crippen molar-refractivity contribution in [1.29, 1.82) is 0 Å². The zero-order chi connectivity index (χ0) is 15.6. The fourth-order valence-electron chi connectivity index (χ4n) is 2.82. The summed E-state index contributed by atoms with van der Waals surface area (Å²) in [7, 11) is 0. The van der Waals surface area contributed by atoms with E-state index in [0.717, 1.165) is 0 Å². The normalized spacial score (nSPS) is 23.3. The molecular formula is C15H25ClN2O2. The van der Waals surface area contributed by atoms with Gasteiger partial charge in [0.15, 0.2) is 0 Å². The molecule has 0 spiro atoms. The van der Waals surface area contributed by atoms with E-state index in [-0.39, 0.29) is 17.2 Å². The highest BCUT2D eigenvalue weighted by Gasteiger charge is 2.51. The summed E-state index contributed by atoms with van der Waals surface area (Å²) in [4.78, 5) is 27.0. The molecule has 1 unspecified atom stereocenters. The fourth-order valence-corrected chi connectivity index (χ4v) is 2.90. The summed E-state index contributed by atoms with van der Waals surface area (Å²) in [6.45, 7) is 10.1. The predicted molar refractivity (Wildman–Crippen MR) is 81.4 cm³/mol. The molecule has 1 aliphatic heterocycles. The summed E-state index contributed by atoms with van der Waals surface area (Å²) in [6.07, 6.45) is 2.88. The SMILES string of the molecule is CCC1(CC)NC(=O)C(C(C)(C)C)N(C/C=C/Cl)C1=O. The number of piperazine rings is 1. The van der Waals surface area contributed by atoms with Gasteiger partial charge in [0, 0.05) is 12.1 Å². The second-order valence-electron chi connectivity index (χ2n) is 6.37. The smallest absolute Gasteiger partial charge is 0.249 e. The molecule has 0 aromatic carbocycles. The van der Waals surface area contributed by atoms with Crippen LogP contribution >= 0.6 is 11.6 Å². The molecule has 1 rings (SSSR count). The molecule has 0 aliphatic carbocycles. The molecule has 4 nitrogen and oxygen atoms in total. The minimum Gasteiger partial charge on any atom is -0.340 e. The molecule has 20 heavy (non-hydrogen) atoms. The minimum atomic E-state index is -0.779. The van der Waals surface area contributed by atoms with E-state index in [1.165, 1.54) is 5.54 Å². The Labute approximate surface area is 126 Å². The van der Waals surface area contributed by atoms with Crippen molar-refractivity contribution in [3.05, 3.63) is 11.6 Å². The van der Waals surface area contributed by atoms with Crippen molar-refractivity contribution in [2.24, 2.45) is 5.41 Å². The molecule has 1 atom stereocenters. The standard InChI is InChI=1S/C15H25ClN2O2/c1-6-15(7-2)13(20)18(10-8-9-16)11(12(19)17-15)14(3,4)5/h8-9,11H,6-7,10H2,1-5H3,(H,17,19)/b9-8+. The lowest BCUT2D eigenvalue weighted by atomic mass is 9.79. The molecule has 1 heterocycles. The average Bonchev–Trinajstić information content (AvgIpc) is 2.37. The van der Waals surface area contributed by atoms with E-state index < -0.39 is 11.6 Å². The number of nitrogens with zero attached hydrogens (tertiary/aromatic N) is 1. The van der Waals surface area contributed by atoms with Gasteiger partial charge in [-0.1, -0.05) is 52.3 Å². The van der Waals surface area contributed by atoms with Crippen LogP contribution in [-0.4, -0.2) is 34.8 Å². The number of hydrogen-bond acceptors (Lipinski definition) is 2. The van der Waals surface area contributed by atoms with Crippen LogP contribution in [0.25, 0.3) is 0 Å². The molecule has 0 radical (unpaired) electrons. The van der Waals surface area contributed by atoms with E-state index in [1.807, 2.05) is 34.6 Å². The average molecular weight is 301 g/mol. The van der Waals surface area contributed by atoms with Gasteiger partial charge in [-0.25, -0.2) is 0 Å². The van der Waals surface area contributed by atoms with E-state index in [9.17, 15) is 9.59 Å². The Morgan fingerprint density at radius 3 is 2.25 bits per heavy atom. The van der Waals surface area contributed by atoms with Gasteiger partial charge in [-0.3, -0.25) is 9.59 Å². The van der Waals surface area contributed by atoms with Gasteiger partial charge in [-0.2, -0.15) is 0 Å². The number of rotatable bonds is 4. The van der Waals surface area contributed by atoms with Gasteiger partial charge in [0.1, 0.15) is 11.6 Å². The first-order valence-electron chi connectivity index (χ1n) is 7.11. The fraction of sp³-hybridized carbons (Fsp3) is 0.733. The summed E-state index contributed by atoms with van der Waals surface area (Å²) >= 11 is 5.59. The van der Waals surface area contributed by atoms with Crippen molar-refractivity contribution in [1.82, 2.24) is 10.2 Å². The largest absolute Gasteiger partial charge is 0.340 e. The topological polar surface area (TPSA) is 49.4 Å². The van der Waals surface area contributed by atoms with Gasteiger partial charge in [-0.15, -0.1) is 0 Å². The number of carbonyl (C=O) groups excluding carboxylic acids is 2. The van der Waals surface area contributed by atoms with Crippen molar-refractivity contribution in [2.75, 3.05) is 6.54 Å². The molecule has 1 fully saturated rings. The van der Waals surface area contributed by atoms with E-state index in [0.29, 0.717) is 19.4 Å². The van der Waals surface area contributed by atoms with E-state index >= 15 is 0 Å². The van der Waals surface area contributed by atoms with Crippen molar-refractivity contribution < 1.29 is 9.59 Å². The Morgan fingerprint density at radius 2 is 1.85 bits per heavy atom. The first-order chi connectivity index (χ1) is 9.23. The van der Waals surface area contributed by atoms with Gasteiger partial charge in [0.2, 0.25) is 11.8 Å². The first kappa shape index (κ1) is 17.0. The number of halogens is 1. The van der Waals surface area contributed by atoms with Gasteiger partial charge < -0.3 is 10.2 Å². The zero-order valence-electron chi connectivity index (χ0n) is 13.0. The molecule has 5 heteroatoms. The van der Waals surface area contributed by atoms with Crippen LogP contribution < -0.4 is 5.32 Å². The van der Waals surface area contributed by atoms with Gasteiger partial charge in [0.25, 0.3) is 0 Å². The van der Waals surface area contributed by atoms with Crippen LogP contribution in [0.4, 0.5) is 0 Å². The summed E-state index contributed by atoms with van der Waals surface area (Å²) in [5, 5.41) is 2.95. The summed E-state index contributed by atoms with van der Waals surface area (Å²) < 4.78 is 0. The maximum atomic E-state index is 12.9. The maximum absolute atomic E-state index is 12.9. The number of hydrogen-bond donors (Lipinski definition) is 1. The van der Waals surface area contributed by atoms with E-state index in [1.54, 1.807) is 11.0 Å². The van der Waals surface area contributed by atoms with Gasteiger partial charge in [-0.05, 0) is 18.3 Å². The van der Waals surface area contributed by atoms with Gasteiger partial charge in [0.05, 0.1) is 0 Å². The highest BCUT2D eigenvalue weighted by atomic mass is 35.5. The lowest BCUT2D eigenvalue weighted by Crippen LogP contribution is -2.72. The molecule has 0 saturated carbocycles. The second kappa shape index (κ2) is 6.17. The molecule has 0 aromatic heterocycles. The molecule has 114 valence electrons. The van der Waals surface area contributed by atoms with E-state index in [4.69, 9.17) is 11.6 Å². The third-order valence-electron chi connectivity index (χ3n) is 4.01. The molecule has 0 aromatic rings. The third-order valence-corrected chi connectivity index (χ3v) is 4.19. The molecule has 1 saturated heterocycles. The Morgan fingerprint density at radius 1 is 1.30 bits per heavy atom. The van der Waals surface area contributed by atoms with E-state index in [2.05, 4.69) is 5.32 Å². The minimum absolute atomic E-state index is 0.0169. The number of carbonyl (C=O) groups is 2. The van der Waals surface area contributed by atoms with Crippen LogP contribution in [0, 0.1) is 5.41 Å². The summed E-state index contributed by atoms with van der Waals surface area (Å²) in [6, 6.07) is -0.478. The quantitative estimate of drug-likeness (QED) is 0.868. The zero-order valence-corrected chi connectivity index (χ0v) is 13.8. The Hall–Kier alpha value is -1.03. The number of nitrogens with one attached hydrogen (secondary N) is 1. The Kier molecular flexibility index (Phi) is 5.25. The van der Waals surface area contributed by atoms with Crippen LogP contribution in [0.2, 0.25) is 0 Å². The third kappa shape index (κ3) is 3.00.